The number of nitrogens with one attached hydrogen (secondary N) is 3. The zero-order chi connectivity index (χ0) is 14.8. The van der Waals surface area contributed by atoms with Crippen LogP contribution in [0.15, 0.2) is 0 Å². The maximum absolute atomic E-state index is 11.4. The molecule has 0 heterocycles. The van der Waals surface area contributed by atoms with E-state index in [0.29, 0.717) is 19.5 Å². The van der Waals surface area contributed by atoms with Gasteiger partial charge in [-0.3, -0.25) is 14.4 Å². The van der Waals surface area contributed by atoms with E-state index in [9.17, 15) is 14.4 Å². The van der Waals surface area contributed by atoms with Crippen LogP contribution >= 0.6 is 0 Å². The topological polar surface area (TPSA) is 87.3 Å². The molecule has 0 unspecified atom stereocenters. The third-order valence-corrected chi connectivity index (χ3v) is 2.45. The van der Waals surface area contributed by atoms with Crippen LogP contribution < -0.4 is 16.0 Å². The van der Waals surface area contributed by atoms with Gasteiger partial charge in [0.15, 0.2) is 0 Å². The zero-order valence-corrected chi connectivity index (χ0v) is 12.2. The van der Waals surface area contributed by atoms with Gasteiger partial charge in [0.2, 0.25) is 17.7 Å². The molecule has 0 radical (unpaired) electrons. The maximum Gasteiger partial charge on any atom is 0.239 e. The molecule has 0 atom stereocenters. The Bertz CT molecular complexity index is 314. The van der Waals surface area contributed by atoms with Crippen LogP contribution in [-0.2, 0) is 14.4 Å². The fourth-order valence-electron chi connectivity index (χ4n) is 1.17. The van der Waals surface area contributed by atoms with E-state index in [0.717, 1.165) is 0 Å². The molecule has 0 spiro atoms. The molecule has 6 heteroatoms. The molecular formula is C13H25N3O3. The molecule has 110 valence electrons. The van der Waals surface area contributed by atoms with Gasteiger partial charge in [0.05, 0.1) is 6.54 Å². The predicted molar refractivity (Wildman–Crippen MR) is 73.3 cm³/mol. The molecule has 0 saturated carbocycles. The van der Waals surface area contributed by atoms with Crippen molar-refractivity contribution in [3.05, 3.63) is 0 Å². The Kier molecular flexibility index (Phi) is 8.57. The lowest BCUT2D eigenvalue weighted by molar-refractivity contribution is -0.127. The first-order valence-corrected chi connectivity index (χ1v) is 6.66. The number of hydrogen-bond donors (Lipinski definition) is 3. The van der Waals surface area contributed by atoms with Crippen LogP contribution in [0.3, 0.4) is 0 Å². The molecule has 0 aromatic carbocycles. The molecule has 0 aliphatic heterocycles. The molecule has 3 amide bonds. The Morgan fingerprint density at radius 1 is 0.789 bits per heavy atom. The van der Waals surface area contributed by atoms with E-state index in [1.165, 1.54) is 0 Å². The first kappa shape index (κ1) is 17.4. The van der Waals surface area contributed by atoms with Crippen LogP contribution in [0.4, 0.5) is 0 Å². The van der Waals surface area contributed by atoms with Crippen molar-refractivity contribution in [1.29, 1.82) is 0 Å². The van der Waals surface area contributed by atoms with Gasteiger partial charge < -0.3 is 16.0 Å². The van der Waals surface area contributed by atoms with E-state index in [1.54, 1.807) is 13.8 Å². The summed E-state index contributed by atoms with van der Waals surface area (Å²) in [5, 5.41) is 7.97. The van der Waals surface area contributed by atoms with Gasteiger partial charge in [-0.1, -0.05) is 27.7 Å². The van der Waals surface area contributed by atoms with Gasteiger partial charge in [0.25, 0.3) is 0 Å². The Labute approximate surface area is 114 Å². The Morgan fingerprint density at radius 2 is 1.26 bits per heavy atom. The van der Waals surface area contributed by atoms with E-state index in [-0.39, 0.29) is 36.1 Å². The maximum atomic E-state index is 11.4. The lowest BCUT2D eigenvalue weighted by Crippen LogP contribution is -2.39. The van der Waals surface area contributed by atoms with E-state index in [4.69, 9.17) is 0 Å². The van der Waals surface area contributed by atoms with Crippen LogP contribution in [0.5, 0.6) is 0 Å². The molecule has 3 N–H and O–H groups in total. The van der Waals surface area contributed by atoms with Crippen molar-refractivity contribution >= 4 is 17.7 Å². The largest absolute Gasteiger partial charge is 0.356 e. The smallest absolute Gasteiger partial charge is 0.239 e. The summed E-state index contributed by atoms with van der Waals surface area (Å²) in [6.45, 7) is 8.21. The van der Waals surface area contributed by atoms with Gasteiger partial charge in [-0.15, -0.1) is 0 Å². The highest BCUT2D eigenvalue weighted by molar-refractivity contribution is 5.85. The first-order chi connectivity index (χ1) is 8.84. The SMILES string of the molecule is CC(C)C(=O)NCCCNC(=O)CNC(=O)C(C)C. The minimum Gasteiger partial charge on any atom is -0.356 e. The highest BCUT2D eigenvalue weighted by Crippen LogP contribution is 1.90. The van der Waals surface area contributed by atoms with Gasteiger partial charge in [-0.2, -0.15) is 0 Å². The average Bonchev–Trinajstić information content (AvgIpc) is 2.34. The molecule has 0 aliphatic carbocycles. The van der Waals surface area contributed by atoms with Gasteiger partial charge in [0, 0.05) is 24.9 Å². The van der Waals surface area contributed by atoms with Crippen LogP contribution in [0.25, 0.3) is 0 Å². The van der Waals surface area contributed by atoms with Crippen molar-refractivity contribution in [3.63, 3.8) is 0 Å². The molecular weight excluding hydrogens is 246 g/mol. The summed E-state index contributed by atoms with van der Waals surface area (Å²) in [5.74, 6) is -0.501. The summed E-state index contributed by atoms with van der Waals surface area (Å²) >= 11 is 0. The summed E-state index contributed by atoms with van der Waals surface area (Å²) in [6, 6.07) is 0. The minimum atomic E-state index is -0.218. The molecule has 6 nitrogen and oxygen atoms in total. The van der Waals surface area contributed by atoms with E-state index >= 15 is 0 Å². The Morgan fingerprint density at radius 3 is 1.79 bits per heavy atom. The number of carbonyl (C=O) groups is 3. The predicted octanol–water partition coefficient (Wildman–Crippen LogP) is 0.0371. The van der Waals surface area contributed by atoms with Gasteiger partial charge in [0.1, 0.15) is 0 Å². The Hall–Kier alpha value is -1.59. The highest BCUT2D eigenvalue weighted by Gasteiger charge is 2.08. The number of hydrogen-bond acceptors (Lipinski definition) is 3. The van der Waals surface area contributed by atoms with Gasteiger partial charge >= 0.3 is 0 Å². The third kappa shape index (κ3) is 9.04. The minimum absolute atomic E-state index is 0.00460. The first-order valence-electron chi connectivity index (χ1n) is 6.66. The third-order valence-electron chi connectivity index (χ3n) is 2.45. The van der Waals surface area contributed by atoms with E-state index in [2.05, 4.69) is 16.0 Å². The zero-order valence-electron chi connectivity index (χ0n) is 12.2. The fourth-order valence-corrected chi connectivity index (χ4v) is 1.17. The summed E-state index contributed by atoms with van der Waals surface area (Å²) in [4.78, 5) is 33.8. The van der Waals surface area contributed by atoms with Crippen molar-refractivity contribution in [2.24, 2.45) is 11.8 Å². The van der Waals surface area contributed by atoms with Crippen LogP contribution in [0, 0.1) is 11.8 Å². The fraction of sp³-hybridized carbons (Fsp3) is 0.769. The molecule has 0 aliphatic rings. The Balaban J connectivity index is 3.54. The lowest BCUT2D eigenvalue weighted by Gasteiger charge is -2.09. The van der Waals surface area contributed by atoms with Crippen LogP contribution in [-0.4, -0.2) is 37.4 Å². The van der Waals surface area contributed by atoms with Crippen molar-refractivity contribution in [2.45, 2.75) is 34.1 Å². The van der Waals surface area contributed by atoms with Crippen LogP contribution in [0.1, 0.15) is 34.1 Å². The second kappa shape index (κ2) is 9.35. The van der Waals surface area contributed by atoms with Crippen molar-refractivity contribution in [1.82, 2.24) is 16.0 Å². The normalized spacial score (nSPS) is 10.4. The second-order valence-electron chi connectivity index (χ2n) is 5.02. The summed E-state index contributed by atoms with van der Waals surface area (Å²) in [5.41, 5.74) is 0. The summed E-state index contributed by atoms with van der Waals surface area (Å²) in [7, 11) is 0. The number of rotatable bonds is 8. The van der Waals surface area contributed by atoms with Crippen LogP contribution in [0.2, 0.25) is 0 Å². The molecule has 0 rings (SSSR count). The molecule has 0 aromatic rings. The molecule has 0 bridgehead atoms. The van der Waals surface area contributed by atoms with E-state index < -0.39 is 0 Å². The molecule has 19 heavy (non-hydrogen) atoms. The van der Waals surface area contributed by atoms with Crippen molar-refractivity contribution in [3.8, 4) is 0 Å². The number of amides is 3. The average molecular weight is 271 g/mol. The summed E-state index contributed by atoms with van der Waals surface area (Å²) in [6.07, 6.45) is 0.669. The van der Waals surface area contributed by atoms with Crippen molar-refractivity contribution in [2.75, 3.05) is 19.6 Å². The molecule has 0 fully saturated rings. The monoisotopic (exact) mass is 271 g/mol. The van der Waals surface area contributed by atoms with Gasteiger partial charge in [-0.25, -0.2) is 0 Å². The second-order valence-corrected chi connectivity index (χ2v) is 5.02. The van der Waals surface area contributed by atoms with Crippen molar-refractivity contribution < 1.29 is 14.4 Å². The van der Waals surface area contributed by atoms with Gasteiger partial charge in [-0.05, 0) is 6.42 Å². The van der Waals surface area contributed by atoms with E-state index in [1.807, 2.05) is 13.8 Å². The highest BCUT2D eigenvalue weighted by atomic mass is 16.2. The molecule has 0 aromatic heterocycles. The molecule has 0 saturated heterocycles. The standard InChI is InChI=1S/C13H25N3O3/c1-9(2)12(18)15-7-5-6-14-11(17)8-16-13(19)10(3)4/h9-10H,5-8H2,1-4H3,(H,14,17)(H,15,18)(H,16,19). The summed E-state index contributed by atoms with van der Waals surface area (Å²) < 4.78 is 0. The number of carbonyl (C=O) groups excluding carboxylic acids is 3. The quantitative estimate of drug-likeness (QED) is 0.545. The lowest BCUT2D eigenvalue weighted by atomic mass is 10.2.